The third kappa shape index (κ3) is 4.93. The van der Waals surface area contributed by atoms with Gasteiger partial charge in [-0.05, 0) is 44.4 Å². The van der Waals surface area contributed by atoms with Crippen molar-refractivity contribution in [3.05, 3.63) is 0 Å². The molecule has 2 saturated carbocycles. The van der Waals surface area contributed by atoms with Crippen LogP contribution in [0.4, 0.5) is 0 Å². The molecule has 180 valence electrons. The van der Waals surface area contributed by atoms with Gasteiger partial charge in [0.1, 0.15) is 18.3 Å². The van der Waals surface area contributed by atoms with Crippen molar-refractivity contribution >= 4 is 0 Å². The number of ether oxygens (including phenoxy) is 4. The molecule has 13 atom stereocenters. The summed E-state index contributed by atoms with van der Waals surface area (Å²) in [6, 6.07) is 0. The molecular formula is C21H36O10. The van der Waals surface area contributed by atoms with Gasteiger partial charge in [0.25, 0.3) is 0 Å². The van der Waals surface area contributed by atoms with Crippen LogP contribution in [0.25, 0.3) is 0 Å². The largest absolute Gasteiger partial charge is 0.393 e. The fourth-order valence-corrected chi connectivity index (χ4v) is 5.71. The van der Waals surface area contributed by atoms with E-state index in [0.29, 0.717) is 32.1 Å². The van der Waals surface area contributed by atoms with Crippen LogP contribution in [0, 0.1) is 11.8 Å². The van der Waals surface area contributed by atoms with Gasteiger partial charge in [0.2, 0.25) is 0 Å². The molecule has 0 radical (unpaired) electrons. The Labute approximate surface area is 181 Å². The van der Waals surface area contributed by atoms with E-state index < -0.39 is 55.1 Å². The lowest BCUT2D eigenvalue weighted by atomic mass is 9.72. The zero-order valence-corrected chi connectivity index (χ0v) is 17.8. The first-order chi connectivity index (χ1) is 14.8. The minimum absolute atomic E-state index is 0.00626. The Morgan fingerprint density at radius 1 is 0.774 bits per heavy atom. The molecule has 10 heteroatoms. The first-order valence-corrected chi connectivity index (χ1v) is 11.3. The van der Waals surface area contributed by atoms with Gasteiger partial charge < -0.3 is 49.6 Å². The van der Waals surface area contributed by atoms with Crippen molar-refractivity contribution in [2.24, 2.45) is 11.8 Å². The van der Waals surface area contributed by atoms with Crippen LogP contribution in [-0.2, 0) is 18.9 Å². The molecule has 0 bridgehead atoms. The second-order valence-corrected chi connectivity index (χ2v) is 9.57. The van der Waals surface area contributed by atoms with E-state index in [9.17, 15) is 30.6 Å². The average molecular weight is 449 g/mol. The second-order valence-electron chi connectivity index (χ2n) is 9.57. The molecule has 2 aliphatic heterocycles. The Balaban J connectivity index is 1.52. The number of fused-ring (bicyclic) bond motifs is 1. The third-order valence-electron chi connectivity index (χ3n) is 7.52. The highest BCUT2D eigenvalue weighted by Crippen LogP contribution is 2.43. The van der Waals surface area contributed by atoms with Gasteiger partial charge in [-0.25, -0.2) is 0 Å². The van der Waals surface area contributed by atoms with E-state index in [4.69, 9.17) is 18.9 Å². The third-order valence-corrected chi connectivity index (χ3v) is 7.52. The number of aliphatic hydroxyl groups is 6. The highest BCUT2D eigenvalue weighted by Gasteiger charge is 2.50. The molecule has 0 spiro atoms. The van der Waals surface area contributed by atoms with E-state index in [0.717, 1.165) is 0 Å². The molecule has 4 aliphatic rings. The molecule has 0 amide bonds. The van der Waals surface area contributed by atoms with Crippen LogP contribution in [0.1, 0.15) is 38.5 Å². The van der Waals surface area contributed by atoms with Gasteiger partial charge in [0.15, 0.2) is 6.29 Å². The number of hydrogen-bond donors (Lipinski definition) is 6. The standard InChI is InChI=1S/C21H36O10/c1-28-16-4-9(2-3-12(16)23)20-17(31-21-19(27)18(26)14(25)8-29-21)7-11-13(24)5-10(22)6-15(11)30-20/h9-27H,2-8H2,1H3/t9?,10?,11?,12?,13?,14-,15?,16?,17?,18-,19+,20?,21-/m0/s1. The summed E-state index contributed by atoms with van der Waals surface area (Å²) < 4.78 is 23.4. The maximum Gasteiger partial charge on any atom is 0.186 e. The predicted molar refractivity (Wildman–Crippen MR) is 105 cm³/mol. The summed E-state index contributed by atoms with van der Waals surface area (Å²) in [5.74, 6) is -0.222. The van der Waals surface area contributed by atoms with Crippen molar-refractivity contribution in [1.29, 1.82) is 0 Å². The van der Waals surface area contributed by atoms with E-state index in [-0.39, 0.29) is 37.1 Å². The Hall–Kier alpha value is -0.400. The molecule has 0 aromatic rings. The topological polar surface area (TPSA) is 158 Å². The average Bonchev–Trinajstić information content (AvgIpc) is 2.74. The monoisotopic (exact) mass is 448 g/mol. The summed E-state index contributed by atoms with van der Waals surface area (Å²) in [6.45, 7) is -0.163. The first kappa shape index (κ1) is 23.7. The Bertz CT molecular complexity index is 593. The van der Waals surface area contributed by atoms with Crippen molar-refractivity contribution in [3.63, 3.8) is 0 Å². The van der Waals surface area contributed by atoms with Gasteiger partial charge in [-0.15, -0.1) is 0 Å². The Morgan fingerprint density at radius 3 is 2.29 bits per heavy atom. The summed E-state index contributed by atoms with van der Waals surface area (Å²) >= 11 is 0. The maximum absolute atomic E-state index is 10.5. The molecule has 31 heavy (non-hydrogen) atoms. The molecule has 0 aromatic heterocycles. The minimum Gasteiger partial charge on any atom is -0.393 e. The lowest BCUT2D eigenvalue weighted by molar-refractivity contribution is -0.313. The SMILES string of the molecule is COC1CC(C2OC3CC(O)CC(O)C3CC2O[C@@H]2OC[C@H](O)[C@H](O)[C@H]2O)CCC1O. The van der Waals surface area contributed by atoms with E-state index in [1.54, 1.807) is 7.11 Å². The molecule has 10 nitrogen and oxygen atoms in total. The quantitative estimate of drug-likeness (QED) is 0.292. The van der Waals surface area contributed by atoms with Gasteiger partial charge in [0, 0.05) is 13.0 Å². The van der Waals surface area contributed by atoms with E-state index >= 15 is 0 Å². The van der Waals surface area contributed by atoms with Crippen LogP contribution in [-0.4, -0.2) is 112 Å². The van der Waals surface area contributed by atoms with Crippen LogP contribution in [0.15, 0.2) is 0 Å². The summed E-state index contributed by atoms with van der Waals surface area (Å²) in [6.07, 6.45) is -5.64. The zero-order chi connectivity index (χ0) is 22.3. The second kappa shape index (κ2) is 9.84. The highest BCUT2D eigenvalue weighted by molar-refractivity contribution is 4.98. The fraction of sp³-hybridized carbons (Fsp3) is 1.00. The van der Waals surface area contributed by atoms with E-state index in [1.807, 2.05) is 0 Å². The van der Waals surface area contributed by atoms with Crippen molar-refractivity contribution in [2.75, 3.05) is 13.7 Å². The van der Waals surface area contributed by atoms with Crippen LogP contribution in [0.3, 0.4) is 0 Å². The molecule has 4 rings (SSSR count). The van der Waals surface area contributed by atoms with Gasteiger partial charge in [-0.2, -0.15) is 0 Å². The van der Waals surface area contributed by atoms with Gasteiger partial charge >= 0.3 is 0 Å². The molecule has 2 heterocycles. The van der Waals surface area contributed by atoms with Crippen LogP contribution in [0.5, 0.6) is 0 Å². The van der Waals surface area contributed by atoms with Crippen LogP contribution >= 0.6 is 0 Å². The molecule has 9 unspecified atom stereocenters. The zero-order valence-electron chi connectivity index (χ0n) is 17.8. The summed E-state index contributed by atoms with van der Waals surface area (Å²) in [5.41, 5.74) is 0. The summed E-state index contributed by atoms with van der Waals surface area (Å²) in [5, 5.41) is 60.9. The Kier molecular flexibility index (Phi) is 7.54. The summed E-state index contributed by atoms with van der Waals surface area (Å²) in [4.78, 5) is 0. The number of aliphatic hydroxyl groups excluding tert-OH is 6. The van der Waals surface area contributed by atoms with Crippen LogP contribution < -0.4 is 0 Å². The number of methoxy groups -OCH3 is 1. The van der Waals surface area contributed by atoms with Crippen molar-refractivity contribution in [2.45, 2.75) is 106 Å². The van der Waals surface area contributed by atoms with Gasteiger partial charge in [-0.1, -0.05) is 0 Å². The highest BCUT2D eigenvalue weighted by atomic mass is 16.7. The fourth-order valence-electron chi connectivity index (χ4n) is 5.71. The van der Waals surface area contributed by atoms with Gasteiger partial charge in [-0.3, -0.25) is 0 Å². The van der Waals surface area contributed by atoms with E-state index in [2.05, 4.69) is 0 Å². The predicted octanol–water partition coefficient (Wildman–Crippen LogP) is -1.72. The van der Waals surface area contributed by atoms with E-state index in [1.165, 1.54) is 0 Å². The lowest BCUT2D eigenvalue weighted by Crippen LogP contribution is -2.60. The van der Waals surface area contributed by atoms with Crippen LogP contribution in [0.2, 0.25) is 0 Å². The minimum atomic E-state index is -1.42. The molecular weight excluding hydrogens is 412 g/mol. The normalized spacial score (nSPS) is 53.7. The molecule has 6 N–H and O–H groups in total. The molecule has 2 saturated heterocycles. The van der Waals surface area contributed by atoms with Crippen molar-refractivity contribution in [1.82, 2.24) is 0 Å². The van der Waals surface area contributed by atoms with Gasteiger partial charge in [0.05, 0.1) is 49.3 Å². The lowest BCUT2D eigenvalue weighted by Gasteiger charge is -2.51. The molecule has 4 fully saturated rings. The van der Waals surface area contributed by atoms with Crippen molar-refractivity contribution < 1.29 is 49.6 Å². The van der Waals surface area contributed by atoms with Crippen molar-refractivity contribution in [3.8, 4) is 0 Å². The summed E-state index contributed by atoms with van der Waals surface area (Å²) in [7, 11) is 1.56. The first-order valence-electron chi connectivity index (χ1n) is 11.3. The Morgan fingerprint density at radius 2 is 1.55 bits per heavy atom. The number of hydrogen-bond acceptors (Lipinski definition) is 10. The number of rotatable bonds is 4. The smallest absolute Gasteiger partial charge is 0.186 e. The molecule has 2 aliphatic carbocycles. The maximum atomic E-state index is 10.5. The molecule has 0 aromatic carbocycles.